The number of hydrogen-bond acceptors (Lipinski definition) is 9. The lowest BCUT2D eigenvalue weighted by molar-refractivity contribution is 0.979. The topological polar surface area (TPSA) is 96.7 Å². The minimum atomic E-state index is 0.915. The molecule has 0 aliphatic rings. The summed E-state index contributed by atoms with van der Waals surface area (Å²) in [5.41, 5.74) is 24.7. The van der Waals surface area contributed by atoms with E-state index in [9.17, 15) is 0 Å². The number of nitrogens with zero attached hydrogens (tertiary/aromatic N) is 6. The van der Waals surface area contributed by atoms with Gasteiger partial charge in [0, 0.05) is 178 Å². The van der Waals surface area contributed by atoms with Gasteiger partial charge < -0.3 is 60.3 Å². The highest BCUT2D eigenvalue weighted by molar-refractivity contribution is 6.14. The Labute approximate surface area is 601 Å². The molecule has 102 heavy (non-hydrogen) atoms. The van der Waals surface area contributed by atoms with Gasteiger partial charge in [-0.1, -0.05) is 75.4 Å². The summed E-state index contributed by atoms with van der Waals surface area (Å²) in [5, 5.41) is 28.4. The van der Waals surface area contributed by atoms with E-state index in [4.69, 9.17) is 0 Å². The van der Waals surface area contributed by atoms with E-state index < -0.39 is 0 Å². The average Bonchev–Trinajstić information content (AvgIpc) is 1.64. The third-order valence-corrected chi connectivity index (χ3v) is 19.1. The molecule has 12 nitrogen and oxygen atoms in total. The van der Waals surface area contributed by atoms with Crippen molar-refractivity contribution in [2.75, 3.05) is 107 Å². The van der Waals surface area contributed by atoms with Gasteiger partial charge in [-0.2, -0.15) is 0 Å². The summed E-state index contributed by atoms with van der Waals surface area (Å²) in [6.45, 7) is 18.7. The lowest BCUT2D eigenvalue weighted by Gasteiger charge is -2.20. The van der Waals surface area contributed by atoms with Gasteiger partial charge in [-0.15, -0.1) is 0 Å². The maximum Gasteiger partial charge on any atom is 0.0542 e. The van der Waals surface area contributed by atoms with Gasteiger partial charge in [0.2, 0.25) is 0 Å². The van der Waals surface area contributed by atoms with E-state index in [2.05, 4.69) is 396 Å². The van der Waals surface area contributed by atoms with E-state index in [1.165, 1.54) is 93.9 Å². The predicted octanol–water partition coefficient (Wildman–Crippen LogP) is 23.4. The second-order valence-corrected chi connectivity index (χ2v) is 26.0. The smallest absolute Gasteiger partial charge is 0.0542 e. The minimum Gasteiger partial charge on any atom is -0.385 e. The van der Waals surface area contributed by atoms with Gasteiger partial charge in [0.25, 0.3) is 0 Å². The molecular formula is C90H96N12. The molecule has 0 fully saturated rings. The molecule has 0 bridgehead atoms. The van der Waals surface area contributed by atoms with Crippen molar-refractivity contribution in [3.05, 3.63) is 273 Å². The third-order valence-electron chi connectivity index (χ3n) is 19.1. The van der Waals surface area contributed by atoms with Gasteiger partial charge in [-0.3, -0.25) is 0 Å². The van der Waals surface area contributed by atoms with Crippen molar-refractivity contribution in [1.29, 1.82) is 0 Å². The van der Waals surface area contributed by atoms with E-state index in [0.29, 0.717) is 0 Å². The quantitative estimate of drug-likeness (QED) is 0.0354. The summed E-state index contributed by atoms with van der Waals surface area (Å²) in [4.78, 5) is 6.71. The van der Waals surface area contributed by atoms with Gasteiger partial charge in [0.05, 0.1) is 33.1 Å². The Morgan fingerprint density at radius 3 is 0.765 bits per heavy atom. The van der Waals surface area contributed by atoms with Crippen LogP contribution in [-0.2, 0) is 0 Å². The highest BCUT2D eigenvalue weighted by atomic mass is 15.1. The van der Waals surface area contributed by atoms with Gasteiger partial charge in [-0.25, -0.2) is 0 Å². The normalized spacial score (nSPS) is 11.1. The number of fused-ring (bicyclic) bond motifs is 9. The first-order valence-corrected chi connectivity index (χ1v) is 36.4. The van der Waals surface area contributed by atoms with Crippen LogP contribution in [0.2, 0.25) is 0 Å². The molecule has 15 aromatic rings. The molecule has 0 saturated carbocycles. The molecule has 3 heterocycles. The molecular weight excluding hydrogens is 1250 g/mol. The fourth-order valence-electron chi connectivity index (χ4n) is 13.8. The van der Waals surface area contributed by atoms with E-state index in [1.807, 2.05) is 0 Å². The van der Waals surface area contributed by atoms with Crippen LogP contribution in [0.15, 0.2) is 273 Å². The van der Waals surface area contributed by atoms with Crippen LogP contribution in [0.3, 0.4) is 0 Å². The van der Waals surface area contributed by atoms with Crippen LogP contribution < -0.4 is 46.6 Å². The summed E-state index contributed by atoms with van der Waals surface area (Å²) in [6, 6.07) is 98.2. The van der Waals surface area contributed by atoms with Crippen LogP contribution in [0.5, 0.6) is 0 Å². The van der Waals surface area contributed by atoms with Crippen molar-refractivity contribution in [2.24, 2.45) is 0 Å². The van der Waals surface area contributed by atoms with Crippen molar-refractivity contribution in [3.8, 4) is 17.1 Å². The van der Waals surface area contributed by atoms with Crippen LogP contribution in [0, 0.1) is 0 Å². The summed E-state index contributed by atoms with van der Waals surface area (Å²) in [5.74, 6) is 0. The second kappa shape index (κ2) is 32.1. The highest BCUT2D eigenvalue weighted by Crippen LogP contribution is 2.41. The predicted molar refractivity (Wildman–Crippen MR) is 445 cm³/mol. The Balaban J connectivity index is 0.000000141. The van der Waals surface area contributed by atoms with Gasteiger partial charge in [-0.05, 0) is 258 Å². The first-order chi connectivity index (χ1) is 50.1. The van der Waals surface area contributed by atoms with Gasteiger partial charge >= 0.3 is 0 Å². The number of para-hydroxylation sites is 3. The summed E-state index contributed by atoms with van der Waals surface area (Å²) in [7, 11) is 6.37. The lowest BCUT2D eigenvalue weighted by Crippen LogP contribution is -2.09. The van der Waals surface area contributed by atoms with E-state index in [-0.39, 0.29) is 0 Å². The highest BCUT2D eigenvalue weighted by Gasteiger charge is 2.20. The molecule has 0 aliphatic heterocycles. The molecule has 12 aromatic carbocycles. The van der Waals surface area contributed by atoms with E-state index in [0.717, 1.165) is 115 Å². The SMILES string of the molecule is CCCNc1ccc(-n2c3ccc(NCCC)cc3c3cc(NCCC)ccc32)cc1.CCNc1ccc(-n2c3ccc(NCC)cc3c3cc(NCC)ccc32)cc1.CN(c1ccccc1)c1ccc(-n2c3ccc(N(C)c4ccccc4)cc3c3cc(N(C)c4ccccc4)ccc32)cc1. The molecule has 0 radical (unpaired) electrons. The molecule has 3 aromatic heterocycles. The summed E-state index contributed by atoms with van der Waals surface area (Å²) in [6.07, 6.45) is 3.35. The molecule has 6 N–H and O–H groups in total. The zero-order valence-electron chi connectivity index (χ0n) is 60.5. The van der Waals surface area contributed by atoms with E-state index in [1.54, 1.807) is 0 Å². The van der Waals surface area contributed by atoms with Crippen molar-refractivity contribution < 1.29 is 0 Å². The molecule has 0 spiro atoms. The average molecular weight is 1350 g/mol. The largest absolute Gasteiger partial charge is 0.385 e. The first-order valence-electron chi connectivity index (χ1n) is 36.4. The number of anilines is 12. The van der Waals surface area contributed by atoms with Crippen molar-refractivity contribution in [2.45, 2.75) is 60.8 Å². The monoisotopic (exact) mass is 1340 g/mol. The number of aromatic nitrogens is 3. The zero-order chi connectivity index (χ0) is 70.5. The third kappa shape index (κ3) is 14.8. The fourth-order valence-corrected chi connectivity index (χ4v) is 13.8. The number of hydrogen-bond donors (Lipinski definition) is 6. The standard InChI is InChI=1S/C39H34N4.C27H34N4.C24H28N4/c1-40(29-13-7-4-8-14-29)32-19-21-33(22-20-32)43-38-25-23-34(41(2)30-15-9-5-10-16-30)27-36(38)37-28-35(24-26-39(37)43)42(3)31-17-11-6-12-18-31;1-4-15-28-20-7-11-23(12-8-20)31-26-13-9-21(29-16-5-2)18-24(26)25-19-22(30-17-6-3)10-14-27(25)31;1-4-25-17-7-11-20(12-8-17)28-23-13-9-18(26-5-2)15-21(23)22-16-19(27-6-3)10-14-24(22)28/h4-28H,1-3H3;7-14,18-19,28-30H,4-6,15-17H2,1-3H3;7-16,25-27H,4-6H2,1-3H3. The Morgan fingerprint density at radius 2 is 0.451 bits per heavy atom. The zero-order valence-corrected chi connectivity index (χ0v) is 60.5. The molecule has 0 atom stereocenters. The molecule has 0 saturated heterocycles. The summed E-state index contributed by atoms with van der Waals surface area (Å²) < 4.78 is 7.11. The fraction of sp³-hybridized carbons (Fsp3) is 0.200. The van der Waals surface area contributed by atoms with Gasteiger partial charge in [0.15, 0.2) is 0 Å². The van der Waals surface area contributed by atoms with Crippen molar-refractivity contribution in [3.63, 3.8) is 0 Å². The van der Waals surface area contributed by atoms with Gasteiger partial charge in [0.1, 0.15) is 0 Å². The van der Waals surface area contributed by atoms with Crippen LogP contribution in [0.1, 0.15) is 60.8 Å². The maximum absolute atomic E-state index is 3.54. The molecule has 516 valence electrons. The van der Waals surface area contributed by atoms with Crippen molar-refractivity contribution >= 4 is 134 Å². The molecule has 0 aliphatic carbocycles. The van der Waals surface area contributed by atoms with Crippen molar-refractivity contribution in [1.82, 2.24) is 13.7 Å². The van der Waals surface area contributed by atoms with Crippen LogP contribution in [0.4, 0.5) is 68.2 Å². The van der Waals surface area contributed by atoms with E-state index >= 15 is 0 Å². The molecule has 0 unspecified atom stereocenters. The number of benzene rings is 12. The molecule has 15 rings (SSSR count). The van der Waals surface area contributed by atoms with Crippen LogP contribution in [-0.4, -0.2) is 74.1 Å². The number of nitrogens with one attached hydrogen (secondary N) is 6. The Hall–Kier alpha value is -11.8. The Bertz CT molecular complexity index is 5020. The Kier molecular flexibility index (Phi) is 21.6. The minimum absolute atomic E-state index is 0.915. The summed E-state index contributed by atoms with van der Waals surface area (Å²) >= 11 is 0. The molecule has 12 heteroatoms. The van der Waals surface area contributed by atoms with Crippen LogP contribution in [0.25, 0.3) is 82.5 Å². The maximum atomic E-state index is 3.54. The molecule has 0 amide bonds. The Morgan fingerprint density at radius 1 is 0.225 bits per heavy atom. The van der Waals surface area contributed by atoms with Crippen LogP contribution >= 0.6 is 0 Å². The lowest BCUT2D eigenvalue weighted by atomic mass is 10.1. The number of rotatable bonds is 24. The first kappa shape index (κ1) is 68.8. The second-order valence-electron chi connectivity index (χ2n) is 26.0.